The maximum Gasteiger partial charge on any atom is 0.412 e. The lowest BCUT2D eigenvalue weighted by Crippen LogP contribution is -2.27. The fraction of sp³-hybridized carbons (Fsp3) is 0.310. The van der Waals surface area contributed by atoms with E-state index in [2.05, 4.69) is 20.3 Å². The number of aromatic nitrogens is 7. The normalized spacial score (nSPS) is 16.9. The van der Waals surface area contributed by atoms with Gasteiger partial charge in [-0.2, -0.15) is 15.3 Å². The smallest absolute Gasteiger partial charge is 0.412 e. The van der Waals surface area contributed by atoms with Gasteiger partial charge in [0, 0.05) is 49.6 Å². The van der Waals surface area contributed by atoms with Crippen molar-refractivity contribution in [1.82, 2.24) is 34.7 Å². The van der Waals surface area contributed by atoms with Crippen molar-refractivity contribution in [3.8, 4) is 22.9 Å². The van der Waals surface area contributed by atoms with E-state index in [4.69, 9.17) is 14.6 Å². The fourth-order valence-corrected chi connectivity index (χ4v) is 5.12. The van der Waals surface area contributed by atoms with Crippen LogP contribution in [-0.2, 0) is 13.7 Å². The Morgan fingerprint density at radius 3 is 2.63 bits per heavy atom. The summed E-state index contributed by atoms with van der Waals surface area (Å²) in [4.78, 5) is 17.1. The molecule has 1 saturated carbocycles. The molecule has 210 valence electrons. The summed E-state index contributed by atoms with van der Waals surface area (Å²) >= 11 is 0. The van der Waals surface area contributed by atoms with Crippen molar-refractivity contribution in [2.24, 2.45) is 7.05 Å². The Balaban J connectivity index is 1.17. The van der Waals surface area contributed by atoms with Crippen LogP contribution in [0.15, 0.2) is 67.3 Å². The number of nitrogens with zero attached hydrogens (tertiary/aromatic N) is 8. The largest absolute Gasteiger partial charge is 0.487 e. The first kappa shape index (κ1) is 26.2. The Labute approximate surface area is 236 Å². The van der Waals surface area contributed by atoms with E-state index in [0.29, 0.717) is 24.1 Å². The van der Waals surface area contributed by atoms with E-state index in [1.165, 1.54) is 7.05 Å². The highest BCUT2D eigenvalue weighted by Gasteiger charge is 2.28. The van der Waals surface area contributed by atoms with Gasteiger partial charge in [0.15, 0.2) is 0 Å². The lowest BCUT2D eigenvalue weighted by molar-refractivity contribution is 0.124. The van der Waals surface area contributed by atoms with Crippen LogP contribution in [0.5, 0.6) is 11.6 Å². The lowest BCUT2D eigenvalue weighted by atomic mass is 9.93. The molecule has 41 heavy (non-hydrogen) atoms. The summed E-state index contributed by atoms with van der Waals surface area (Å²) in [6.07, 6.45) is 9.13. The topological polar surface area (TPSA) is 133 Å². The van der Waals surface area contributed by atoms with E-state index in [1.807, 2.05) is 48.3 Å². The standard InChI is InChI=1S/C29H30N8O4/c1-35-17-20(14-32-35)28-24-16-30-26(36(2)29(38)39)13-25(24)37(34-28)21-8-10-22(11-9-21)41-27-12-23(15-31-33-27)40-18-19-6-4-3-5-7-19/h3-7,12-17,21-22H,8-11,18H2,1-2H3,(H,38,39)/t21-,22+. The lowest BCUT2D eigenvalue weighted by Gasteiger charge is -2.29. The second kappa shape index (κ2) is 11.2. The molecule has 4 heterocycles. The highest BCUT2D eigenvalue weighted by Crippen LogP contribution is 2.36. The summed E-state index contributed by atoms with van der Waals surface area (Å²) in [6.45, 7) is 0.440. The number of carboxylic acid groups (broad SMARTS) is 1. The van der Waals surface area contributed by atoms with Gasteiger partial charge in [0.2, 0.25) is 5.88 Å². The Morgan fingerprint density at radius 2 is 1.90 bits per heavy atom. The summed E-state index contributed by atoms with van der Waals surface area (Å²) in [6, 6.07) is 13.6. The van der Waals surface area contributed by atoms with Crippen LogP contribution in [0.2, 0.25) is 0 Å². The zero-order valence-electron chi connectivity index (χ0n) is 22.8. The van der Waals surface area contributed by atoms with Gasteiger partial charge >= 0.3 is 6.09 Å². The third-order valence-corrected chi connectivity index (χ3v) is 7.32. The van der Waals surface area contributed by atoms with Crippen LogP contribution >= 0.6 is 0 Å². The van der Waals surface area contributed by atoms with Crippen LogP contribution in [-0.4, -0.2) is 59.1 Å². The monoisotopic (exact) mass is 554 g/mol. The number of amides is 1. The number of pyridine rings is 1. The van der Waals surface area contributed by atoms with Crippen LogP contribution in [0.25, 0.3) is 22.2 Å². The Hall–Kier alpha value is -5.00. The number of hydrogen-bond acceptors (Lipinski definition) is 8. The molecule has 5 aromatic rings. The second-order valence-corrected chi connectivity index (χ2v) is 10.1. The SMILES string of the molecule is CN(C(=O)O)c1cc2c(cn1)c(-c1cnn(C)c1)nn2[C@H]1CC[C@@H](Oc2cc(OCc3ccccc3)cnn2)CC1. The third kappa shape index (κ3) is 5.67. The van der Waals surface area contributed by atoms with Gasteiger partial charge in [0.05, 0.1) is 24.0 Å². The van der Waals surface area contributed by atoms with Crippen molar-refractivity contribution in [2.75, 3.05) is 11.9 Å². The molecule has 1 amide bonds. The number of rotatable bonds is 8. The molecule has 1 aromatic carbocycles. The molecule has 6 rings (SSSR count). The van der Waals surface area contributed by atoms with Crippen molar-refractivity contribution in [1.29, 1.82) is 0 Å². The Morgan fingerprint density at radius 1 is 1.10 bits per heavy atom. The summed E-state index contributed by atoms with van der Waals surface area (Å²) in [5.74, 6) is 1.39. The molecule has 0 atom stereocenters. The summed E-state index contributed by atoms with van der Waals surface area (Å²) in [7, 11) is 3.34. The van der Waals surface area contributed by atoms with Crippen LogP contribution in [0.3, 0.4) is 0 Å². The van der Waals surface area contributed by atoms with Gasteiger partial charge < -0.3 is 14.6 Å². The van der Waals surface area contributed by atoms with Gasteiger partial charge in [-0.25, -0.2) is 9.78 Å². The maximum atomic E-state index is 11.6. The molecule has 12 nitrogen and oxygen atoms in total. The summed E-state index contributed by atoms with van der Waals surface area (Å²) in [5.41, 5.74) is 3.55. The molecular formula is C29H30N8O4. The van der Waals surface area contributed by atoms with Gasteiger partial charge in [-0.15, -0.1) is 5.10 Å². The highest BCUT2D eigenvalue weighted by molar-refractivity contribution is 5.95. The van der Waals surface area contributed by atoms with Crippen LogP contribution in [0.1, 0.15) is 37.3 Å². The van der Waals surface area contributed by atoms with E-state index >= 15 is 0 Å². The molecule has 1 aliphatic carbocycles. The summed E-state index contributed by atoms with van der Waals surface area (Å²) < 4.78 is 15.8. The number of hydrogen-bond donors (Lipinski definition) is 1. The van der Waals surface area contributed by atoms with Crippen LogP contribution < -0.4 is 14.4 Å². The number of carbonyl (C=O) groups is 1. The van der Waals surface area contributed by atoms with E-state index in [1.54, 1.807) is 35.4 Å². The van der Waals surface area contributed by atoms with Gasteiger partial charge in [-0.1, -0.05) is 30.3 Å². The third-order valence-electron chi connectivity index (χ3n) is 7.32. The van der Waals surface area contributed by atoms with Crippen molar-refractivity contribution >= 4 is 22.8 Å². The second-order valence-electron chi connectivity index (χ2n) is 10.1. The molecule has 0 aliphatic heterocycles. The molecule has 4 aromatic heterocycles. The van der Waals surface area contributed by atoms with Gasteiger partial charge in [0.25, 0.3) is 0 Å². The molecule has 12 heteroatoms. The zero-order chi connectivity index (χ0) is 28.3. The Bertz CT molecular complexity index is 1660. The minimum Gasteiger partial charge on any atom is -0.487 e. The zero-order valence-corrected chi connectivity index (χ0v) is 22.8. The molecular weight excluding hydrogens is 524 g/mol. The molecule has 0 bridgehead atoms. The molecule has 1 fully saturated rings. The van der Waals surface area contributed by atoms with E-state index in [9.17, 15) is 9.90 Å². The van der Waals surface area contributed by atoms with Gasteiger partial charge in [0.1, 0.15) is 30.0 Å². The predicted molar refractivity (Wildman–Crippen MR) is 151 cm³/mol. The average Bonchev–Trinajstić information content (AvgIpc) is 3.60. The first-order valence-corrected chi connectivity index (χ1v) is 13.4. The maximum absolute atomic E-state index is 11.6. The number of fused-ring (bicyclic) bond motifs is 1. The van der Waals surface area contributed by atoms with Crippen molar-refractivity contribution in [3.63, 3.8) is 0 Å². The highest BCUT2D eigenvalue weighted by atomic mass is 16.5. The van der Waals surface area contributed by atoms with Crippen LogP contribution in [0.4, 0.5) is 10.6 Å². The van der Waals surface area contributed by atoms with E-state index < -0.39 is 6.09 Å². The predicted octanol–water partition coefficient (Wildman–Crippen LogP) is 4.88. The number of ether oxygens (including phenoxy) is 2. The summed E-state index contributed by atoms with van der Waals surface area (Å²) in [5, 5.41) is 27.8. The minimum absolute atomic E-state index is 0.0140. The van der Waals surface area contributed by atoms with Gasteiger partial charge in [-0.05, 0) is 31.2 Å². The number of benzene rings is 1. The van der Waals surface area contributed by atoms with E-state index in [0.717, 1.165) is 58.3 Å². The minimum atomic E-state index is -1.08. The molecule has 0 unspecified atom stereocenters. The Kier molecular flexibility index (Phi) is 7.19. The van der Waals surface area contributed by atoms with E-state index in [-0.39, 0.29) is 12.1 Å². The van der Waals surface area contributed by atoms with Crippen molar-refractivity contribution in [3.05, 3.63) is 72.8 Å². The first-order valence-electron chi connectivity index (χ1n) is 13.4. The van der Waals surface area contributed by atoms with Crippen molar-refractivity contribution < 1.29 is 19.4 Å². The molecule has 0 saturated heterocycles. The number of aryl methyl sites for hydroxylation is 1. The van der Waals surface area contributed by atoms with Crippen LogP contribution in [0, 0.1) is 0 Å². The first-order chi connectivity index (χ1) is 19.9. The fourth-order valence-electron chi connectivity index (χ4n) is 5.12. The number of anilines is 1. The molecule has 0 radical (unpaired) electrons. The van der Waals surface area contributed by atoms with Crippen molar-refractivity contribution in [2.45, 2.75) is 44.4 Å². The quantitative estimate of drug-likeness (QED) is 0.285. The average molecular weight is 555 g/mol. The van der Waals surface area contributed by atoms with Gasteiger partial charge in [-0.3, -0.25) is 14.3 Å². The molecule has 1 N–H and O–H groups in total. The molecule has 1 aliphatic rings. The molecule has 0 spiro atoms.